The van der Waals surface area contributed by atoms with Gasteiger partial charge in [0, 0.05) is 22.7 Å². The summed E-state index contributed by atoms with van der Waals surface area (Å²) in [5.74, 6) is 2.74. The zero-order valence-electron chi connectivity index (χ0n) is 26.5. The first-order chi connectivity index (χ1) is 22.2. The minimum Gasteiger partial charge on any atom is -0.299 e. The number of aryl methyl sites for hydroxylation is 1. The fraction of sp³-hybridized carbons (Fsp3) is 0.238. The van der Waals surface area contributed by atoms with Gasteiger partial charge in [0.1, 0.15) is 5.84 Å². The molecule has 0 amide bonds. The van der Waals surface area contributed by atoms with Crippen molar-refractivity contribution >= 4 is 17.4 Å². The largest absolute Gasteiger partial charge is 0.299 e. The van der Waals surface area contributed by atoms with Crippen molar-refractivity contribution in [2.24, 2.45) is 15.9 Å². The number of benzene rings is 5. The molecular formula is C42H41N3. The predicted molar refractivity (Wildman–Crippen MR) is 189 cm³/mol. The van der Waals surface area contributed by atoms with Gasteiger partial charge in [-0.3, -0.25) is 4.90 Å². The molecule has 3 nitrogen and oxygen atoms in total. The molecule has 1 heterocycles. The lowest BCUT2D eigenvalue weighted by atomic mass is 9.86. The van der Waals surface area contributed by atoms with Gasteiger partial charge in [0.25, 0.3) is 0 Å². The van der Waals surface area contributed by atoms with Crippen LogP contribution in [0.25, 0.3) is 11.1 Å². The van der Waals surface area contributed by atoms with Crippen molar-refractivity contribution in [3.05, 3.63) is 161 Å². The van der Waals surface area contributed by atoms with Gasteiger partial charge in [0.2, 0.25) is 0 Å². The zero-order valence-corrected chi connectivity index (χ0v) is 26.5. The van der Waals surface area contributed by atoms with E-state index in [1.165, 1.54) is 39.8 Å². The smallest absolute Gasteiger partial charge is 0.159 e. The molecule has 0 spiro atoms. The lowest BCUT2D eigenvalue weighted by molar-refractivity contribution is 0.488. The molecule has 224 valence electrons. The van der Waals surface area contributed by atoms with E-state index in [9.17, 15) is 0 Å². The van der Waals surface area contributed by atoms with Crippen LogP contribution in [-0.2, 0) is 6.42 Å². The van der Waals surface area contributed by atoms with E-state index >= 15 is 0 Å². The van der Waals surface area contributed by atoms with Gasteiger partial charge in [-0.25, -0.2) is 9.98 Å². The van der Waals surface area contributed by atoms with Gasteiger partial charge < -0.3 is 0 Å². The number of rotatable bonds is 9. The Bertz CT molecular complexity index is 1850. The van der Waals surface area contributed by atoms with Crippen LogP contribution in [0.15, 0.2) is 137 Å². The summed E-state index contributed by atoms with van der Waals surface area (Å²) in [5.41, 5.74) is 11.4. The Morgan fingerprint density at radius 2 is 1.36 bits per heavy atom. The highest BCUT2D eigenvalue weighted by Gasteiger charge is 2.35. The topological polar surface area (TPSA) is 28.0 Å². The highest BCUT2D eigenvalue weighted by atomic mass is 15.3. The number of amidine groups is 2. The van der Waals surface area contributed by atoms with Crippen LogP contribution in [0.2, 0.25) is 0 Å². The van der Waals surface area contributed by atoms with E-state index in [0.717, 1.165) is 47.7 Å². The van der Waals surface area contributed by atoms with E-state index in [-0.39, 0.29) is 6.17 Å². The molecule has 3 heteroatoms. The second-order valence-electron chi connectivity index (χ2n) is 12.5. The Kier molecular flexibility index (Phi) is 8.17. The predicted octanol–water partition coefficient (Wildman–Crippen LogP) is 10.6. The summed E-state index contributed by atoms with van der Waals surface area (Å²) in [6.07, 6.45) is 4.12. The van der Waals surface area contributed by atoms with Crippen molar-refractivity contribution in [1.29, 1.82) is 0 Å². The van der Waals surface area contributed by atoms with Gasteiger partial charge in [-0.1, -0.05) is 149 Å². The third-order valence-corrected chi connectivity index (χ3v) is 9.49. The van der Waals surface area contributed by atoms with E-state index in [1.807, 2.05) is 6.07 Å². The summed E-state index contributed by atoms with van der Waals surface area (Å²) in [7, 11) is 0. The number of hydrogen-bond donors (Lipinski definition) is 0. The molecule has 0 radical (unpaired) electrons. The van der Waals surface area contributed by atoms with Gasteiger partial charge in [-0.15, -0.1) is 0 Å². The van der Waals surface area contributed by atoms with Crippen molar-refractivity contribution in [3.63, 3.8) is 0 Å². The molecule has 1 aliphatic carbocycles. The molecule has 7 rings (SSSR count). The molecule has 5 aromatic carbocycles. The van der Waals surface area contributed by atoms with E-state index < -0.39 is 0 Å². The zero-order chi connectivity index (χ0) is 30.8. The Hall–Kier alpha value is -4.76. The van der Waals surface area contributed by atoms with Crippen LogP contribution < -0.4 is 4.90 Å². The maximum absolute atomic E-state index is 5.41. The highest BCUT2D eigenvalue weighted by Crippen LogP contribution is 2.49. The molecule has 0 saturated carbocycles. The Labute approximate surface area is 268 Å². The molecular weight excluding hydrogens is 546 g/mol. The Morgan fingerprint density at radius 1 is 0.689 bits per heavy atom. The minimum absolute atomic E-state index is 0.265. The molecule has 0 saturated heterocycles. The van der Waals surface area contributed by atoms with Crippen LogP contribution in [0.1, 0.15) is 85.5 Å². The standard InChI is InChI=1S/C42H41N3/c1-4-16-30-17-12-13-22-34(30)42-44-40(31-18-8-6-9-19-31)43-41(32-20-10-7-11-21-32)45(42)33-25-26-37-35-23-14-15-24-36(35)38(39(37)28-33)27-29(3)5-2/h6-15,17-26,28-29,38,41H,4-5,16,27H2,1-3H3. The van der Waals surface area contributed by atoms with Crippen LogP contribution in [0.4, 0.5) is 5.69 Å². The van der Waals surface area contributed by atoms with Gasteiger partial charge in [-0.05, 0) is 64.3 Å². The molecule has 3 unspecified atom stereocenters. The molecule has 1 aliphatic heterocycles. The average Bonchev–Trinajstić information content (AvgIpc) is 3.41. The summed E-state index contributed by atoms with van der Waals surface area (Å²) < 4.78 is 0. The Morgan fingerprint density at radius 3 is 2.11 bits per heavy atom. The summed E-state index contributed by atoms with van der Waals surface area (Å²) >= 11 is 0. The third-order valence-electron chi connectivity index (χ3n) is 9.49. The van der Waals surface area contributed by atoms with Crippen molar-refractivity contribution < 1.29 is 0 Å². The van der Waals surface area contributed by atoms with Crippen molar-refractivity contribution in [1.82, 2.24) is 0 Å². The van der Waals surface area contributed by atoms with Crippen LogP contribution in [0, 0.1) is 5.92 Å². The lowest BCUT2D eigenvalue weighted by Crippen LogP contribution is -2.39. The lowest BCUT2D eigenvalue weighted by Gasteiger charge is -2.36. The van der Waals surface area contributed by atoms with Crippen LogP contribution in [0.3, 0.4) is 0 Å². The van der Waals surface area contributed by atoms with Gasteiger partial charge in [0.05, 0.1) is 0 Å². The van der Waals surface area contributed by atoms with E-state index in [1.54, 1.807) is 0 Å². The number of nitrogens with zero attached hydrogens (tertiary/aromatic N) is 3. The first-order valence-electron chi connectivity index (χ1n) is 16.5. The maximum Gasteiger partial charge on any atom is 0.159 e. The summed E-state index contributed by atoms with van der Waals surface area (Å²) in [5, 5.41) is 0. The van der Waals surface area contributed by atoms with Gasteiger partial charge in [0.15, 0.2) is 12.0 Å². The molecule has 0 aromatic heterocycles. The van der Waals surface area contributed by atoms with Crippen molar-refractivity contribution in [3.8, 4) is 11.1 Å². The van der Waals surface area contributed by atoms with Crippen LogP contribution in [-0.4, -0.2) is 11.7 Å². The number of fused-ring (bicyclic) bond motifs is 3. The molecule has 45 heavy (non-hydrogen) atoms. The monoisotopic (exact) mass is 587 g/mol. The summed E-state index contributed by atoms with van der Waals surface area (Å²) in [6.45, 7) is 6.94. The fourth-order valence-corrected chi connectivity index (χ4v) is 7.00. The average molecular weight is 588 g/mol. The normalized spacial score (nSPS) is 17.7. The SMILES string of the molecule is CCCc1ccccc1C1=NC(c2ccccc2)=NC(c2ccccc2)N1c1ccc2c(c1)C(CC(C)CC)c1ccccc1-2. The molecule has 0 fully saturated rings. The quantitative estimate of drug-likeness (QED) is 0.169. The van der Waals surface area contributed by atoms with Crippen molar-refractivity contribution in [2.45, 2.75) is 58.5 Å². The molecule has 0 bridgehead atoms. The van der Waals surface area contributed by atoms with Gasteiger partial charge in [-0.2, -0.15) is 0 Å². The van der Waals surface area contributed by atoms with E-state index in [0.29, 0.717) is 11.8 Å². The number of aliphatic imine (C=N–C) groups is 2. The maximum atomic E-state index is 5.41. The minimum atomic E-state index is -0.265. The van der Waals surface area contributed by atoms with E-state index in [4.69, 9.17) is 9.98 Å². The van der Waals surface area contributed by atoms with Gasteiger partial charge >= 0.3 is 0 Å². The molecule has 0 N–H and O–H groups in total. The molecule has 3 atom stereocenters. The second-order valence-corrected chi connectivity index (χ2v) is 12.5. The second kappa shape index (κ2) is 12.7. The van der Waals surface area contributed by atoms with Crippen molar-refractivity contribution in [2.75, 3.05) is 4.90 Å². The first-order valence-corrected chi connectivity index (χ1v) is 16.5. The highest BCUT2D eigenvalue weighted by molar-refractivity contribution is 6.20. The first kappa shape index (κ1) is 29.0. The van der Waals surface area contributed by atoms with Crippen LogP contribution >= 0.6 is 0 Å². The van der Waals surface area contributed by atoms with Crippen LogP contribution in [0.5, 0.6) is 0 Å². The number of anilines is 1. The molecule has 2 aliphatic rings. The summed E-state index contributed by atoms with van der Waals surface area (Å²) in [6, 6.07) is 46.0. The Balaban J connectivity index is 1.44. The number of hydrogen-bond acceptors (Lipinski definition) is 3. The van der Waals surface area contributed by atoms with E-state index in [2.05, 4.69) is 147 Å². The third kappa shape index (κ3) is 5.53. The fourth-order valence-electron chi connectivity index (χ4n) is 7.00. The molecule has 5 aromatic rings. The summed E-state index contributed by atoms with van der Waals surface area (Å²) in [4.78, 5) is 13.2.